The summed E-state index contributed by atoms with van der Waals surface area (Å²) in [6, 6.07) is 15.2. The molecule has 1 unspecified atom stereocenters. The molecule has 0 saturated heterocycles. The summed E-state index contributed by atoms with van der Waals surface area (Å²) in [6.45, 7) is 6.81. The largest absolute Gasteiger partial charge is 0.170 e. The Labute approximate surface area is 128 Å². The second-order valence-corrected chi connectivity index (χ2v) is 7.42. The lowest BCUT2D eigenvalue weighted by molar-refractivity contribution is 0.920. The Kier molecular flexibility index (Phi) is 3.57. The van der Waals surface area contributed by atoms with Gasteiger partial charge in [0.15, 0.2) is 8.83 Å². The van der Waals surface area contributed by atoms with E-state index in [1.54, 1.807) is 0 Å². The molecule has 0 spiro atoms. The Bertz CT molecular complexity index is 686. The third-order valence-electron chi connectivity index (χ3n) is 4.61. The molecule has 1 aliphatic carbocycles. The summed E-state index contributed by atoms with van der Waals surface area (Å²) in [5.74, 6) is 0.526. The van der Waals surface area contributed by atoms with Crippen molar-refractivity contribution >= 4 is 30.7 Å². The van der Waals surface area contributed by atoms with Crippen LogP contribution in [-0.4, -0.2) is 8.83 Å². The average Bonchev–Trinajstić information content (AvgIpc) is 2.72. The molecule has 0 fully saturated rings. The van der Waals surface area contributed by atoms with Crippen molar-refractivity contribution < 1.29 is 0 Å². The lowest BCUT2D eigenvalue weighted by Gasteiger charge is -2.16. The van der Waals surface area contributed by atoms with Gasteiger partial charge >= 0.3 is 0 Å². The second-order valence-electron chi connectivity index (χ2n) is 5.59. The van der Waals surface area contributed by atoms with Crippen molar-refractivity contribution in [3.05, 3.63) is 59.2 Å². The van der Waals surface area contributed by atoms with E-state index < -0.39 is 8.83 Å². The molecule has 20 heavy (non-hydrogen) atoms. The molecule has 2 aromatic rings. The molecule has 1 atom stereocenters. The maximum Gasteiger partial charge on any atom is 0.156 e. The molecule has 0 aliphatic heterocycles. The van der Waals surface area contributed by atoms with Crippen LogP contribution in [0.3, 0.4) is 0 Å². The van der Waals surface area contributed by atoms with E-state index in [-0.39, 0.29) is 0 Å². The highest BCUT2D eigenvalue weighted by atomic mass is 35.6. The van der Waals surface area contributed by atoms with Crippen LogP contribution in [0.5, 0.6) is 0 Å². The standard InChI is InChI=1S/C18H19ClSi/c1-11-12(2)15-9-10-16(20-19)18(17(15)13(11)3)14-7-5-4-6-8-14/h4-10,12H,20H2,1-3H3. The molecule has 0 N–H and O–H groups in total. The highest BCUT2D eigenvalue weighted by Gasteiger charge is 2.27. The molecule has 0 saturated carbocycles. The summed E-state index contributed by atoms with van der Waals surface area (Å²) < 4.78 is 0. The minimum Gasteiger partial charge on any atom is -0.170 e. The first-order valence-electron chi connectivity index (χ1n) is 7.10. The predicted octanol–water partition coefficient (Wildman–Crippen LogP) is 4.21. The van der Waals surface area contributed by atoms with E-state index in [2.05, 4.69) is 63.2 Å². The topological polar surface area (TPSA) is 0 Å². The Hall–Kier alpha value is -1.31. The molecule has 0 heterocycles. The molecular weight excluding hydrogens is 280 g/mol. The number of halogens is 1. The van der Waals surface area contributed by atoms with Crippen LogP contribution in [0.1, 0.15) is 37.8 Å². The first kappa shape index (κ1) is 13.7. The Morgan fingerprint density at radius 1 is 0.950 bits per heavy atom. The molecule has 102 valence electrons. The number of hydrogen-bond donors (Lipinski definition) is 0. The van der Waals surface area contributed by atoms with Crippen molar-refractivity contribution in [3.8, 4) is 11.1 Å². The van der Waals surface area contributed by atoms with Gasteiger partial charge in [0.1, 0.15) is 0 Å². The molecule has 0 radical (unpaired) electrons. The Morgan fingerprint density at radius 2 is 1.65 bits per heavy atom. The summed E-state index contributed by atoms with van der Waals surface area (Å²) in [5.41, 5.74) is 8.51. The van der Waals surface area contributed by atoms with Gasteiger partial charge in [0.05, 0.1) is 0 Å². The van der Waals surface area contributed by atoms with Crippen LogP contribution < -0.4 is 5.19 Å². The minimum absolute atomic E-state index is 0.526. The maximum atomic E-state index is 6.33. The van der Waals surface area contributed by atoms with E-state index in [9.17, 15) is 0 Å². The van der Waals surface area contributed by atoms with Crippen molar-refractivity contribution in [1.29, 1.82) is 0 Å². The summed E-state index contributed by atoms with van der Waals surface area (Å²) in [4.78, 5) is 0. The van der Waals surface area contributed by atoms with E-state index in [1.165, 1.54) is 38.6 Å². The van der Waals surface area contributed by atoms with Gasteiger partial charge in [-0.2, -0.15) is 11.1 Å². The van der Waals surface area contributed by atoms with Crippen LogP contribution in [0, 0.1) is 0 Å². The zero-order valence-electron chi connectivity index (χ0n) is 12.2. The minimum atomic E-state index is -0.707. The number of benzene rings is 2. The van der Waals surface area contributed by atoms with E-state index in [0.717, 1.165) is 0 Å². The van der Waals surface area contributed by atoms with Crippen LogP contribution >= 0.6 is 11.1 Å². The lowest BCUT2D eigenvalue weighted by Crippen LogP contribution is -2.15. The van der Waals surface area contributed by atoms with Crippen LogP contribution in [0.2, 0.25) is 0 Å². The van der Waals surface area contributed by atoms with Gasteiger partial charge in [-0.05, 0) is 46.9 Å². The molecule has 0 nitrogen and oxygen atoms in total. The van der Waals surface area contributed by atoms with Crippen molar-refractivity contribution in [2.24, 2.45) is 0 Å². The lowest BCUT2D eigenvalue weighted by atomic mass is 9.92. The summed E-state index contributed by atoms with van der Waals surface area (Å²) >= 11 is 6.33. The summed E-state index contributed by atoms with van der Waals surface area (Å²) in [6.07, 6.45) is 0. The average molecular weight is 299 g/mol. The SMILES string of the molecule is CC1=C(C)C(C)c2ccc([SiH2]Cl)c(-c3ccccc3)c21. The van der Waals surface area contributed by atoms with Crippen molar-refractivity contribution in [2.75, 3.05) is 0 Å². The van der Waals surface area contributed by atoms with Crippen molar-refractivity contribution in [3.63, 3.8) is 0 Å². The number of rotatable bonds is 2. The molecule has 0 bridgehead atoms. The van der Waals surface area contributed by atoms with Gasteiger partial charge in [0, 0.05) is 5.92 Å². The fourth-order valence-corrected chi connectivity index (χ4v) is 4.62. The van der Waals surface area contributed by atoms with Crippen LogP contribution in [0.4, 0.5) is 0 Å². The highest BCUT2D eigenvalue weighted by Crippen LogP contribution is 2.44. The first-order chi connectivity index (χ1) is 9.65. The molecule has 0 aromatic heterocycles. The molecule has 1 aliphatic rings. The molecule has 3 rings (SSSR count). The third kappa shape index (κ3) is 1.97. The second kappa shape index (κ2) is 5.23. The van der Waals surface area contributed by atoms with Gasteiger partial charge in [-0.25, -0.2) is 0 Å². The fraction of sp³-hybridized carbons (Fsp3) is 0.222. The molecule has 2 heteroatoms. The van der Waals surface area contributed by atoms with Crippen molar-refractivity contribution in [1.82, 2.24) is 0 Å². The van der Waals surface area contributed by atoms with Crippen LogP contribution in [0.25, 0.3) is 16.7 Å². The highest BCUT2D eigenvalue weighted by molar-refractivity contribution is 7.01. The van der Waals surface area contributed by atoms with Gasteiger partial charge in [0.2, 0.25) is 0 Å². The van der Waals surface area contributed by atoms with Gasteiger partial charge in [-0.1, -0.05) is 55.0 Å². The molecule has 2 aromatic carbocycles. The van der Waals surface area contributed by atoms with Gasteiger partial charge in [0.25, 0.3) is 0 Å². The zero-order chi connectivity index (χ0) is 14.3. The zero-order valence-corrected chi connectivity index (χ0v) is 14.4. The number of allylic oxidation sites excluding steroid dienone is 2. The summed E-state index contributed by atoms with van der Waals surface area (Å²) in [7, 11) is -0.707. The Balaban J connectivity index is 2.34. The molecule has 0 amide bonds. The maximum absolute atomic E-state index is 6.33. The number of fused-ring (bicyclic) bond motifs is 1. The van der Waals surface area contributed by atoms with Crippen LogP contribution in [-0.2, 0) is 0 Å². The Morgan fingerprint density at radius 3 is 2.30 bits per heavy atom. The predicted molar refractivity (Wildman–Crippen MR) is 92.6 cm³/mol. The molecular formula is C18H19ClSi. The summed E-state index contributed by atoms with van der Waals surface area (Å²) in [5, 5.41) is 1.36. The fourth-order valence-electron chi connectivity index (χ4n) is 3.23. The van der Waals surface area contributed by atoms with E-state index in [1.807, 2.05) is 0 Å². The third-order valence-corrected chi connectivity index (χ3v) is 6.35. The van der Waals surface area contributed by atoms with Crippen LogP contribution in [0.15, 0.2) is 48.0 Å². The number of hydrogen-bond acceptors (Lipinski definition) is 0. The van der Waals surface area contributed by atoms with Gasteiger partial charge < -0.3 is 0 Å². The van der Waals surface area contributed by atoms with Gasteiger partial charge in [-0.3, -0.25) is 0 Å². The van der Waals surface area contributed by atoms with Crippen molar-refractivity contribution in [2.45, 2.75) is 26.7 Å². The quantitative estimate of drug-likeness (QED) is 0.575. The monoisotopic (exact) mass is 298 g/mol. The van der Waals surface area contributed by atoms with E-state index >= 15 is 0 Å². The van der Waals surface area contributed by atoms with Gasteiger partial charge in [-0.15, -0.1) is 0 Å². The first-order valence-corrected chi connectivity index (χ1v) is 9.94. The normalized spacial score (nSPS) is 18.1. The van der Waals surface area contributed by atoms with E-state index in [0.29, 0.717) is 5.92 Å². The smallest absolute Gasteiger partial charge is 0.156 e. The van der Waals surface area contributed by atoms with E-state index in [4.69, 9.17) is 11.1 Å².